The summed E-state index contributed by atoms with van der Waals surface area (Å²) in [4.78, 5) is 28.0. The van der Waals surface area contributed by atoms with E-state index in [2.05, 4.69) is 4.98 Å². The van der Waals surface area contributed by atoms with Gasteiger partial charge in [-0.1, -0.05) is 0 Å². The zero-order chi connectivity index (χ0) is 19.2. The molecule has 0 aliphatic rings. The van der Waals surface area contributed by atoms with Gasteiger partial charge in [-0.05, 0) is 42.5 Å². The molecule has 0 saturated carbocycles. The number of esters is 2. The summed E-state index contributed by atoms with van der Waals surface area (Å²) >= 11 is 0. The number of benzene rings is 2. The number of hydrogen-bond acceptors (Lipinski definition) is 7. The number of carbonyl (C=O) groups excluding carboxylic acids is 2. The van der Waals surface area contributed by atoms with Crippen molar-refractivity contribution < 1.29 is 29.3 Å². The third-order valence-corrected chi connectivity index (χ3v) is 3.81. The summed E-state index contributed by atoms with van der Waals surface area (Å²) < 4.78 is 11.6. The lowest BCUT2D eigenvalue weighted by Gasteiger charge is -2.07. The van der Waals surface area contributed by atoms with E-state index < -0.39 is 11.9 Å². The van der Waals surface area contributed by atoms with E-state index in [1.54, 1.807) is 48.8 Å². The van der Waals surface area contributed by atoms with Gasteiger partial charge in [0.2, 0.25) is 0 Å². The standard InChI is InChI=1S/C19H18N2O6/c22-7-9-26-18(24)13-1-4-15(5-2-13)21-12-20-16-11-14(3-6-17(16)21)19(25)27-10-8-23/h1-6,11-12,22-23H,7-10H2. The number of hydrogen-bond donors (Lipinski definition) is 2. The molecule has 1 heterocycles. The van der Waals surface area contributed by atoms with Crippen LogP contribution in [-0.4, -0.2) is 58.1 Å². The second-order valence-electron chi connectivity index (χ2n) is 5.58. The Bertz CT molecular complexity index is 948. The number of nitrogens with zero attached hydrogens (tertiary/aromatic N) is 2. The van der Waals surface area contributed by atoms with Gasteiger partial charge in [0.05, 0.1) is 35.4 Å². The quantitative estimate of drug-likeness (QED) is 0.604. The Labute approximate surface area is 154 Å². The summed E-state index contributed by atoms with van der Waals surface area (Å²) in [5.41, 5.74) is 2.91. The van der Waals surface area contributed by atoms with Crippen LogP contribution in [0.25, 0.3) is 16.7 Å². The highest BCUT2D eigenvalue weighted by Gasteiger charge is 2.12. The van der Waals surface area contributed by atoms with Crippen molar-refractivity contribution in [3.63, 3.8) is 0 Å². The first-order chi connectivity index (χ1) is 13.1. The molecule has 8 nitrogen and oxygen atoms in total. The van der Waals surface area contributed by atoms with Crippen molar-refractivity contribution in [3.8, 4) is 5.69 Å². The van der Waals surface area contributed by atoms with Gasteiger partial charge < -0.3 is 19.7 Å². The molecule has 0 unspecified atom stereocenters. The average Bonchev–Trinajstić information content (AvgIpc) is 3.13. The minimum absolute atomic E-state index is 0.0458. The lowest BCUT2D eigenvalue weighted by atomic mass is 10.2. The second-order valence-corrected chi connectivity index (χ2v) is 5.58. The first-order valence-corrected chi connectivity index (χ1v) is 8.27. The Morgan fingerprint density at radius 1 is 0.889 bits per heavy atom. The molecule has 3 aromatic rings. The molecule has 27 heavy (non-hydrogen) atoms. The normalized spacial score (nSPS) is 10.7. The summed E-state index contributed by atoms with van der Waals surface area (Å²) in [6, 6.07) is 11.7. The Balaban J connectivity index is 1.83. The molecule has 0 amide bonds. The predicted molar refractivity (Wildman–Crippen MR) is 95.8 cm³/mol. The molecule has 1 aromatic heterocycles. The Morgan fingerprint density at radius 2 is 1.48 bits per heavy atom. The van der Waals surface area contributed by atoms with Gasteiger partial charge in [0, 0.05) is 5.69 Å². The van der Waals surface area contributed by atoms with Crippen molar-refractivity contribution in [2.75, 3.05) is 26.4 Å². The first kappa shape index (κ1) is 18.6. The van der Waals surface area contributed by atoms with Crippen LogP contribution in [0.15, 0.2) is 48.8 Å². The SMILES string of the molecule is O=C(OCCO)c1ccc(-n2cnc3cc(C(=O)OCCO)ccc32)cc1. The number of aliphatic hydroxyl groups excluding tert-OH is 2. The van der Waals surface area contributed by atoms with Crippen LogP contribution in [0.3, 0.4) is 0 Å². The van der Waals surface area contributed by atoms with Crippen LogP contribution in [0.1, 0.15) is 20.7 Å². The minimum Gasteiger partial charge on any atom is -0.460 e. The van der Waals surface area contributed by atoms with Crippen LogP contribution in [-0.2, 0) is 9.47 Å². The zero-order valence-corrected chi connectivity index (χ0v) is 14.4. The number of aromatic nitrogens is 2. The molecule has 0 radical (unpaired) electrons. The number of aliphatic hydroxyl groups is 2. The molecule has 0 aliphatic heterocycles. The van der Waals surface area contributed by atoms with E-state index in [1.807, 2.05) is 4.57 Å². The van der Waals surface area contributed by atoms with Gasteiger partial charge in [-0.25, -0.2) is 14.6 Å². The van der Waals surface area contributed by atoms with Crippen molar-refractivity contribution in [3.05, 3.63) is 59.9 Å². The van der Waals surface area contributed by atoms with Gasteiger partial charge in [0.15, 0.2) is 0 Å². The molecular formula is C19H18N2O6. The molecular weight excluding hydrogens is 352 g/mol. The van der Waals surface area contributed by atoms with Crippen molar-refractivity contribution in [2.45, 2.75) is 0 Å². The van der Waals surface area contributed by atoms with E-state index in [-0.39, 0.29) is 26.4 Å². The lowest BCUT2D eigenvalue weighted by molar-refractivity contribution is 0.0427. The van der Waals surface area contributed by atoms with Gasteiger partial charge >= 0.3 is 11.9 Å². The van der Waals surface area contributed by atoms with E-state index in [1.165, 1.54) is 0 Å². The fraction of sp³-hybridized carbons (Fsp3) is 0.211. The van der Waals surface area contributed by atoms with Crippen LogP contribution in [0.5, 0.6) is 0 Å². The van der Waals surface area contributed by atoms with Gasteiger partial charge in [0.25, 0.3) is 0 Å². The van der Waals surface area contributed by atoms with E-state index >= 15 is 0 Å². The van der Waals surface area contributed by atoms with E-state index in [9.17, 15) is 9.59 Å². The maximum atomic E-state index is 11.9. The molecule has 0 saturated heterocycles. The molecule has 140 valence electrons. The molecule has 0 fully saturated rings. The molecule has 0 bridgehead atoms. The molecule has 0 aliphatic carbocycles. The van der Waals surface area contributed by atoms with Gasteiger partial charge in [0.1, 0.15) is 19.5 Å². The molecule has 8 heteroatoms. The fourth-order valence-corrected chi connectivity index (χ4v) is 2.55. The third kappa shape index (κ3) is 4.13. The summed E-state index contributed by atoms with van der Waals surface area (Å²) in [7, 11) is 0. The Hall–Kier alpha value is -3.23. The maximum absolute atomic E-state index is 11.9. The average molecular weight is 370 g/mol. The number of fused-ring (bicyclic) bond motifs is 1. The summed E-state index contributed by atoms with van der Waals surface area (Å²) in [6.07, 6.45) is 1.62. The second kappa shape index (κ2) is 8.43. The molecule has 2 N–H and O–H groups in total. The van der Waals surface area contributed by atoms with Crippen LogP contribution in [0, 0.1) is 0 Å². The fourth-order valence-electron chi connectivity index (χ4n) is 2.55. The van der Waals surface area contributed by atoms with Crippen LogP contribution >= 0.6 is 0 Å². The van der Waals surface area contributed by atoms with Gasteiger partial charge in [-0.15, -0.1) is 0 Å². The first-order valence-electron chi connectivity index (χ1n) is 8.27. The highest BCUT2D eigenvalue weighted by molar-refractivity contribution is 5.94. The predicted octanol–water partition coefficient (Wildman–Crippen LogP) is 1.32. The van der Waals surface area contributed by atoms with E-state index in [4.69, 9.17) is 19.7 Å². The highest BCUT2D eigenvalue weighted by Crippen LogP contribution is 2.20. The molecule has 0 spiro atoms. The van der Waals surface area contributed by atoms with Gasteiger partial charge in [-0.2, -0.15) is 0 Å². The van der Waals surface area contributed by atoms with Crippen molar-refractivity contribution in [1.82, 2.24) is 9.55 Å². The lowest BCUT2D eigenvalue weighted by Crippen LogP contribution is -2.09. The van der Waals surface area contributed by atoms with Gasteiger partial charge in [-0.3, -0.25) is 4.57 Å². The minimum atomic E-state index is -0.522. The molecule has 3 rings (SSSR count). The summed E-state index contributed by atoms with van der Waals surface area (Å²) in [5.74, 6) is -1.02. The monoisotopic (exact) mass is 370 g/mol. The smallest absolute Gasteiger partial charge is 0.338 e. The summed E-state index contributed by atoms with van der Waals surface area (Å²) in [6.45, 7) is -0.555. The zero-order valence-electron chi connectivity index (χ0n) is 14.4. The highest BCUT2D eigenvalue weighted by atomic mass is 16.5. The Morgan fingerprint density at radius 3 is 2.11 bits per heavy atom. The third-order valence-electron chi connectivity index (χ3n) is 3.81. The summed E-state index contributed by atoms with van der Waals surface area (Å²) in [5, 5.41) is 17.4. The number of carbonyl (C=O) groups is 2. The van der Waals surface area contributed by atoms with Crippen molar-refractivity contribution >= 4 is 23.0 Å². The topological polar surface area (TPSA) is 111 Å². The molecule has 0 atom stereocenters. The largest absolute Gasteiger partial charge is 0.460 e. The van der Waals surface area contributed by atoms with Crippen LogP contribution in [0.4, 0.5) is 0 Å². The van der Waals surface area contributed by atoms with E-state index in [0.29, 0.717) is 16.6 Å². The Kier molecular flexibility index (Phi) is 5.80. The van der Waals surface area contributed by atoms with Crippen molar-refractivity contribution in [2.24, 2.45) is 0 Å². The van der Waals surface area contributed by atoms with Crippen molar-refractivity contribution in [1.29, 1.82) is 0 Å². The van der Waals surface area contributed by atoms with Crippen LogP contribution in [0.2, 0.25) is 0 Å². The maximum Gasteiger partial charge on any atom is 0.338 e. The number of imidazole rings is 1. The van der Waals surface area contributed by atoms with Crippen LogP contribution < -0.4 is 0 Å². The number of rotatable bonds is 7. The molecule has 2 aromatic carbocycles. The number of ether oxygens (including phenoxy) is 2. The van der Waals surface area contributed by atoms with E-state index in [0.717, 1.165) is 11.2 Å².